The van der Waals surface area contributed by atoms with E-state index in [4.69, 9.17) is 5.26 Å². The molecule has 2 heterocycles. The summed E-state index contributed by atoms with van der Waals surface area (Å²) in [5, 5.41) is 23.1. The summed E-state index contributed by atoms with van der Waals surface area (Å²) < 4.78 is 1.73. The Kier molecular flexibility index (Phi) is 3.67. The summed E-state index contributed by atoms with van der Waals surface area (Å²) in [5.74, 6) is 1.03. The summed E-state index contributed by atoms with van der Waals surface area (Å²) in [5.41, 5.74) is 2.24. The first-order chi connectivity index (χ1) is 11.0. The molecule has 1 aromatic heterocycles. The van der Waals surface area contributed by atoms with Crippen LogP contribution in [0.3, 0.4) is 0 Å². The SMILES string of the molecule is CC1=Nc2nc(C(C)C)nn2C(c2ccc(C#N)cc2)C1C#N. The molecular formula is C17H16N6. The van der Waals surface area contributed by atoms with E-state index in [2.05, 4.69) is 27.2 Å². The van der Waals surface area contributed by atoms with E-state index in [0.717, 1.165) is 11.3 Å². The summed E-state index contributed by atoms with van der Waals surface area (Å²) in [6.45, 7) is 5.89. The van der Waals surface area contributed by atoms with Gasteiger partial charge in [0.25, 0.3) is 0 Å². The minimum atomic E-state index is -0.405. The van der Waals surface area contributed by atoms with Crippen molar-refractivity contribution in [2.75, 3.05) is 0 Å². The molecule has 0 spiro atoms. The number of aromatic nitrogens is 3. The highest BCUT2D eigenvalue weighted by Gasteiger charge is 2.34. The Morgan fingerprint density at radius 2 is 1.87 bits per heavy atom. The Morgan fingerprint density at radius 3 is 2.43 bits per heavy atom. The van der Waals surface area contributed by atoms with Crippen molar-refractivity contribution in [2.24, 2.45) is 10.9 Å². The molecule has 2 atom stereocenters. The van der Waals surface area contributed by atoms with Crippen molar-refractivity contribution in [3.8, 4) is 12.1 Å². The second-order valence-corrected chi connectivity index (χ2v) is 5.91. The molecule has 0 N–H and O–H groups in total. The molecule has 0 saturated carbocycles. The summed E-state index contributed by atoms with van der Waals surface area (Å²) in [4.78, 5) is 8.92. The van der Waals surface area contributed by atoms with Gasteiger partial charge in [-0.25, -0.2) is 9.67 Å². The van der Waals surface area contributed by atoms with E-state index < -0.39 is 5.92 Å². The molecule has 3 rings (SSSR count). The molecule has 2 unspecified atom stereocenters. The van der Waals surface area contributed by atoms with Gasteiger partial charge >= 0.3 is 0 Å². The number of benzene rings is 1. The zero-order valence-corrected chi connectivity index (χ0v) is 13.2. The second kappa shape index (κ2) is 5.66. The Balaban J connectivity index is 2.15. The fraction of sp³-hybridized carbons (Fsp3) is 0.353. The van der Waals surface area contributed by atoms with Gasteiger partial charge in [0.15, 0.2) is 5.82 Å². The number of nitriles is 2. The predicted molar refractivity (Wildman–Crippen MR) is 85.3 cm³/mol. The lowest BCUT2D eigenvalue weighted by Crippen LogP contribution is -2.29. The average molecular weight is 304 g/mol. The fourth-order valence-corrected chi connectivity index (χ4v) is 2.69. The lowest BCUT2D eigenvalue weighted by molar-refractivity contribution is 0.470. The first-order valence-corrected chi connectivity index (χ1v) is 7.46. The molecule has 0 fully saturated rings. The molecule has 1 aliphatic heterocycles. The van der Waals surface area contributed by atoms with Crippen LogP contribution >= 0.6 is 0 Å². The van der Waals surface area contributed by atoms with Crippen LogP contribution in [0.5, 0.6) is 0 Å². The maximum atomic E-state index is 9.59. The number of hydrogen-bond donors (Lipinski definition) is 0. The van der Waals surface area contributed by atoms with Gasteiger partial charge in [-0.05, 0) is 24.6 Å². The van der Waals surface area contributed by atoms with Crippen LogP contribution in [0.1, 0.15) is 49.7 Å². The smallest absolute Gasteiger partial charge is 0.221 e. The zero-order chi connectivity index (χ0) is 16.6. The molecule has 0 amide bonds. The molecule has 6 nitrogen and oxygen atoms in total. The first kappa shape index (κ1) is 14.9. The summed E-state index contributed by atoms with van der Waals surface area (Å²) in [6, 6.07) is 11.4. The van der Waals surface area contributed by atoms with Crippen LogP contribution in [0, 0.1) is 28.6 Å². The van der Waals surface area contributed by atoms with Crippen LogP contribution in [-0.2, 0) is 0 Å². The van der Waals surface area contributed by atoms with E-state index in [1.807, 2.05) is 32.9 Å². The third-order valence-electron chi connectivity index (χ3n) is 3.97. The van der Waals surface area contributed by atoms with Crippen LogP contribution in [-0.4, -0.2) is 20.5 Å². The van der Waals surface area contributed by atoms with Gasteiger partial charge in [0.2, 0.25) is 5.95 Å². The number of fused-ring (bicyclic) bond motifs is 1. The largest absolute Gasteiger partial charge is 0.248 e. The van der Waals surface area contributed by atoms with E-state index in [0.29, 0.717) is 17.3 Å². The van der Waals surface area contributed by atoms with Gasteiger partial charge in [-0.3, -0.25) is 0 Å². The quantitative estimate of drug-likeness (QED) is 0.852. The maximum Gasteiger partial charge on any atom is 0.248 e. The topological polar surface area (TPSA) is 90.7 Å². The molecule has 0 bridgehead atoms. The van der Waals surface area contributed by atoms with Crippen LogP contribution in [0.2, 0.25) is 0 Å². The van der Waals surface area contributed by atoms with E-state index in [9.17, 15) is 5.26 Å². The van der Waals surface area contributed by atoms with Gasteiger partial charge < -0.3 is 0 Å². The van der Waals surface area contributed by atoms with Crippen molar-refractivity contribution in [1.82, 2.24) is 14.8 Å². The zero-order valence-electron chi connectivity index (χ0n) is 13.2. The highest BCUT2D eigenvalue weighted by molar-refractivity contribution is 5.90. The van der Waals surface area contributed by atoms with Gasteiger partial charge in [0, 0.05) is 11.6 Å². The van der Waals surface area contributed by atoms with Gasteiger partial charge in [0.1, 0.15) is 12.0 Å². The van der Waals surface area contributed by atoms with E-state index in [1.54, 1.807) is 16.8 Å². The van der Waals surface area contributed by atoms with Crippen LogP contribution < -0.4 is 0 Å². The molecule has 2 aromatic rings. The monoisotopic (exact) mass is 304 g/mol. The van der Waals surface area contributed by atoms with Crippen LogP contribution in [0.4, 0.5) is 5.95 Å². The molecule has 0 radical (unpaired) electrons. The van der Waals surface area contributed by atoms with Gasteiger partial charge in [-0.1, -0.05) is 26.0 Å². The molecule has 23 heavy (non-hydrogen) atoms. The Bertz CT molecular complexity index is 845. The second-order valence-electron chi connectivity index (χ2n) is 5.91. The molecule has 6 heteroatoms. The molecule has 114 valence electrons. The van der Waals surface area contributed by atoms with Crippen LogP contribution in [0.15, 0.2) is 29.3 Å². The maximum absolute atomic E-state index is 9.59. The summed E-state index contributed by atoms with van der Waals surface area (Å²) >= 11 is 0. The fourth-order valence-electron chi connectivity index (χ4n) is 2.69. The number of aliphatic imine (C=N–C) groups is 1. The van der Waals surface area contributed by atoms with E-state index in [1.165, 1.54) is 0 Å². The Labute approximate surface area is 134 Å². The molecule has 1 aromatic carbocycles. The summed E-state index contributed by atoms with van der Waals surface area (Å²) in [6.07, 6.45) is 0. The van der Waals surface area contributed by atoms with Gasteiger partial charge in [-0.15, -0.1) is 0 Å². The molecule has 0 saturated heterocycles. The molecule has 0 aliphatic carbocycles. The normalized spacial score (nSPS) is 19.7. The summed E-state index contributed by atoms with van der Waals surface area (Å²) in [7, 11) is 0. The average Bonchev–Trinajstić information content (AvgIpc) is 2.97. The van der Waals surface area contributed by atoms with Gasteiger partial charge in [-0.2, -0.15) is 20.6 Å². The van der Waals surface area contributed by atoms with Crippen molar-refractivity contribution in [3.63, 3.8) is 0 Å². The van der Waals surface area contributed by atoms with Crippen molar-refractivity contribution < 1.29 is 0 Å². The van der Waals surface area contributed by atoms with Crippen molar-refractivity contribution >= 4 is 11.7 Å². The first-order valence-electron chi connectivity index (χ1n) is 7.46. The number of rotatable bonds is 2. The molecule has 1 aliphatic rings. The van der Waals surface area contributed by atoms with Gasteiger partial charge in [0.05, 0.1) is 17.7 Å². The van der Waals surface area contributed by atoms with Crippen molar-refractivity contribution in [3.05, 3.63) is 41.2 Å². The number of nitrogens with zero attached hydrogens (tertiary/aromatic N) is 6. The highest BCUT2D eigenvalue weighted by Crippen LogP contribution is 2.35. The standard InChI is InChI=1S/C17H16N6/c1-10(2)16-21-17-20-11(3)14(9-19)15(23(17)22-16)13-6-4-12(8-18)5-7-13/h4-7,10,14-15H,1-3H3. The minimum absolute atomic E-state index is 0.186. The Morgan fingerprint density at radius 1 is 1.17 bits per heavy atom. The third kappa shape index (κ3) is 2.49. The predicted octanol–water partition coefficient (Wildman–Crippen LogP) is 3.11. The number of hydrogen-bond acceptors (Lipinski definition) is 5. The Hall–Kier alpha value is -2.99. The minimum Gasteiger partial charge on any atom is -0.221 e. The van der Waals surface area contributed by atoms with Crippen molar-refractivity contribution in [1.29, 1.82) is 10.5 Å². The lowest BCUT2D eigenvalue weighted by atomic mass is 9.89. The molecular weight excluding hydrogens is 288 g/mol. The van der Waals surface area contributed by atoms with Crippen molar-refractivity contribution in [2.45, 2.75) is 32.7 Å². The van der Waals surface area contributed by atoms with E-state index >= 15 is 0 Å². The lowest BCUT2D eigenvalue weighted by Gasteiger charge is -2.26. The highest BCUT2D eigenvalue weighted by atomic mass is 15.4. The third-order valence-corrected chi connectivity index (χ3v) is 3.97. The van der Waals surface area contributed by atoms with Crippen LogP contribution in [0.25, 0.3) is 0 Å². The van der Waals surface area contributed by atoms with E-state index in [-0.39, 0.29) is 12.0 Å².